The van der Waals surface area contributed by atoms with Gasteiger partial charge in [-0.15, -0.1) is 0 Å². The molecule has 0 amide bonds. The minimum absolute atomic E-state index is 0.00889. The third-order valence-electron chi connectivity index (χ3n) is 8.25. The highest BCUT2D eigenvalue weighted by molar-refractivity contribution is 6.00. The highest BCUT2D eigenvalue weighted by atomic mass is 19.1. The van der Waals surface area contributed by atoms with Crippen molar-refractivity contribution in [3.05, 3.63) is 53.4 Å². The normalized spacial score (nSPS) is 22.8. The minimum Gasteiger partial charge on any atom is -0.494 e. The van der Waals surface area contributed by atoms with E-state index < -0.39 is 23.3 Å². The number of H-pyrrole nitrogens is 1. The topological polar surface area (TPSA) is 89.4 Å². The molecule has 10 heteroatoms. The van der Waals surface area contributed by atoms with E-state index in [2.05, 4.69) is 10.2 Å². The molecule has 4 aromatic rings. The SMILES string of the molecule is COc1cc(-n2c(C3CCOCC3)c([C@H]3CC[C@](F)(C(=O)O)CC3)c3c(F)c4[nH]ncc4cc32)ccc1F. The largest absolute Gasteiger partial charge is 0.494 e. The number of carboxylic acids is 1. The van der Waals surface area contributed by atoms with Gasteiger partial charge in [-0.25, -0.2) is 18.0 Å². The Morgan fingerprint density at radius 3 is 2.58 bits per heavy atom. The van der Waals surface area contributed by atoms with E-state index >= 15 is 8.78 Å². The third-order valence-corrected chi connectivity index (χ3v) is 8.25. The summed E-state index contributed by atoms with van der Waals surface area (Å²) < 4.78 is 58.6. The molecule has 6 rings (SSSR count). The van der Waals surface area contributed by atoms with E-state index in [0.29, 0.717) is 48.0 Å². The van der Waals surface area contributed by atoms with E-state index in [-0.39, 0.29) is 48.8 Å². The fraction of sp³-hybridized carbons (Fsp3) is 0.429. The summed E-state index contributed by atoms with van der Waals surface area (Å²) >= 11 is 0. The van der Waals surface area contributed by atoms with Crippen molar-refractivity contribution in [2.75, 3.05) is 20.3 Å². The van der Waals surface area contributed by atoms with Crippen LogP contribution in [-0.4, -0.2) is 51.8 Å². The van der Waals surface area contributed by atoms with Crippen molar-refractivity contribution in [2.24, 2.45) is 0 Å². The lowest BCUT2D eigenvalue weighted by molar-refractivity contribution is -0.153. The zero-order valence-corrected chi connectivity index (χ0v) is 20.9. The number of carboxylic acid groups (broad SMARTS) is 1. The molecule has 1 saturated heterocycles. The van der Waals surface area contributed by atoms with E-state index in [9.17, 15) is 14.3 Å². The fourth-order valence-electron chi connectivity index (χ4n) is 6.28. The molecule has 0 atom stereocenters. The molecule has 1 aliphatic heterocycles. The van der Waals surface area contributed by atoms with Crippen molar-refractivity contribution >= 4 is 27.8 Å². The lowest BCUT2D eigenvalue weighted by Crippen LogP contribution is -2.37. The van der Waals surface area contributed by atoms with Gasteiger partial charge in [-0.1, -0.05) is 0 Å². The number of nitrogens with zero attached hydrogens (tertiary/aromatic N) is 2. The van der Waals surface area contributed by atoms with Gasteiger partial charge in [-0.05, 0) is 68.2 Å². The number of hydrogen-bond acceptors (Lipinski definition) is 4. The van der Waals surface area contributed by atoms with Crippen LogP contribution in [0.5, 0.6) is 5.75 Å². The van der Waals surface area contributed by atoms with Crippen LogP contribution in [0.2, 0.25) is 0 Å². The van der Waals surface area contributed by atoms with Crippen LogP contribution >= 0.6 is 0 Å². The van der Waals surface area contributed by atoms with Crippen LogP contribution in [0.1, 0.15) is 61.6 Å². The first-order valence-electron chi connectivity index (χ1n) is 12.9. The van der Waals surface area contributed by atoms with Gasteiger partial charge in [-0.3, -0.25) is 5.10 Å². The Bertz CT molecular complexity index is 1530. The van der Waals surface area contributed by atoms with Gasteiger partial charge in [0.2, 0.25) is 5.67 Å². The van der Waals surface area contributed by atoms with Crippen LogP contribution in [0.3, 0.4) is 0 Å². The number of aliphatic carboxylic acids is 1. The lowest BCUT2D eigenvalue weighted by Gasteiger charge is -2.33. The molecule has 2 aromatic heterocycles. The summed E-state index contributed by atoms with van der Waals surface area (Å²) in [6, 6.07) is 6.42. The summed E-state index contributed by atoms with van der Waals surface area (Å²) in [5.74, 6) is -2.60. The maximum Gasteiger partial charge on any atom is 0.341 e. The van der Waals surface area contributed by atoms with E-state index in [1.165, 1.54) is 13.2 Å². The number of carbonyl (C=O) groups is 1. The van der Waals surface area contributed by atoms with Crippen molar-refractivity contribution in [3.63, 3.8) is 0 Å². The van der Waals surface area contributed by atoms with E-state index in [1.807, 2.05) is 10.6 Å². The van der Waals surface area contributed by atoms with Gasteiger partial charge >= 0.3 is 5.97 Å². The number of methoxy groups -OCH3 is 1. The second-order valence-electron chi connectivity index (χ2n) is 10.3. The number of nitrogens with one attached hydrogen (secondary N) is 1. The molecule has 200 valence electrons. The maximum atomic E-state index is 16.3. The molecule has 2 N–H and O–H groups in total. The van der Waals surface area contributed by atoms with Crippen molar-refractivity contribution in [1.82, 2.24) is 14.8 Å². The monoisotopic (exact) mass is 527 g/mol. The number of benzene rings is 2. The molecule has 3 heterocycles. The zero-order valence-electron chi connectivity index (χ0n) is 20.9. The molecule has 2 aromatic carbocycles. The van der Waals surface area contributed by atoms with Crippen molar-refractivity contribution < 1.29 is 32.5 Å². The maximum absolute atomic E-state index is 16.3. The summed E-state index contributed by atoms with van der Waals surface area (Å²) in [5.41, 5.74) is 0.834. The summed E-state index contributed by atoms with van der Waals surface area (Å²) in [5, 5.41) is 17.2. The molecular formula is C28H28F3N3O4. The number of ether oxygens (including phenoxy) is 2. The van der Waals surface area contributed by atoms with Crippen LogP contribution < -0.4 is 4.74 Å². The zero-order chi connectivity index (χ0) is 26.6. The van der Waals surface area contributed by atoms with E-state index in [0.717, 1.165) is 11.3 Å². The molecule has 0 radical (unpaired) electrons. The predicted molar refractivity (Wildman–Crippen MR) is 135 cm³/mol. The van der Waals surface area contributed by atoms with Crippen LogP contribution in [0.15, 0.2) is 30.5 Å². The third kappa shape index (κ3) is 3.84. The Morgan fingerprint density at radius 1 is 1.16 bits per heavy atom. The fourth-order valence-corrected chi connectivity index (χ4v) is 6.28. The Morgan fingerprint density at radius 2 is 1.89 bits per heavy atom. The lowest BCUT2D eigenvalue weighted by atomic mass is 9.75. The van der Waals surface area contributed by atoms with Gasteiger partial charge in [0, 0.05) is 47.4 Å². The van der Waals surface area contributed by atoms with Gasteiger partial charge in [0.05, 0.1) is 18.8 Å². The van der Waals surface area contributed by atoms with E-state index in [1.54, 1.807) is 18.3 Å². The van der Waals surface area contributed by atoms with E-state index in [4.69, 9.17) is 9.47 Å². The Balaban J connectivity index is 1.65. The van der Waals surface area contributed by atoms with Crippen LogP contribution in [0.4, 0.5) is 13.2 Å². The molecule has 38 heavy (non-hydrogen) atoms. The Labute approximate surface area is 216 Å². The van der Waals surface area contributed by atoms with Crippen LogP contribution in [-0.2, 0) is 9.53 Å². The Hall–Kier alpha value is -3.53. The van der Waals surface area contributed by atoms with Gasteiger partial charge < -0.3 is 19.1 Å². The average molecular weight is 528 g/mol. The number of fused-ring (bicyclic) bond motifs is 2. The number of rotatable bonds is 5. The first-order valence-corrected chi connectivity index (χ1v) is 12.9. The standard InChI is InChI=1S/C28H28F3N3O4/c1-37-21-13-18(2-3-19(21)29)34-20-12-17-14-32-33-25(17)24(30)23(20)22(26(34)16-6-10-38-11-7-16)15-4-8-28(31,9-5-15)27(35)36/h2-3,12-16H,4-11H2,1H3,(H,32,33)(H,35,36)/t15-,28+. The first kappa shape index (κ1) is 24.8. The predicted octanol–water partition coefficient (Wildman–Crippen LogP) is 6.14. The molecule has 1 aliphatic carbocycles. The quantitative estimate of drug-likeness (QED) is 0.326. The highest BCUT2D eigenvalue weighted by Gasteiger charge is 2.44. The molecule has 1 saturated carbocycles. The number of halogens is 3. The van der Waals surface area contributed by atoms with Crippen LogP contribution in [0, 0.1) is 11.6 Å². The molecule has 2 fully saturated rings. The number of alkyl halides is 1. The number of hydrogen-bond donors (Lipinski definition) is 2. The molecule has 0 bridgehead atoms. The summed E-state index contributed by atoms with van der Waals surface area (Å²) in [6.45, 7) is 1.09. The molecule has 0 spiro atoms. The molecule has 2 aliphatic rings. The van der Waals surface area contributed by atoms with Gasteiger partial charge in [-0.2, -0.15) is 5.10 Å². The summed E-state index contributed by atoms with van der Waals surface area (Å²) in [6.07, 6.45) is 3.21. The molecule has 7 nitrogen and oxygen atoms in total. The Kier molecular flexibility index (Phi) is 6.09. The highest BCUT2D eigenvalue weighted by Crippen LogP contribution is 2.49. The van der Waals surface area contributed by atoms with Gasteiger partial charge in [0.15, 0.2) is 17.4 Å². The van der Waals surface area contributed by atoms with Gasteiger partial charge in [0.1, 0.15) is 5.52 Å². The second kappa shape index (κ2) is 9.34. The number of aromatic amines is 1. The minimum atomic E-state index is -2.28. The average Bonchev–Trinajstić information content (AvgIpc) is 3.53. The smallest absolute Gasteiger partial charge is 0.341 e. The van der Waals surface area contributed by atoms with Crippen molar-refractivity contribution in [3.8, 4) is 11.4 Å². The molecular weight excluding hydrogens is 499 g/mol. The van der Waals surface area contributed by atoms with Crippen LogP contribution in [0.25, 0.3) is 27.5 Å². The summed E-state index contributed by atoms with van der Waals surface area (Å²) in [4.78, 5) is 11.6. The van der Waals surface area contributed by atoms with Crippen molar-refractivity contribution in [1.29, 1.82) is 0 Å². The van der Waals surface area contributed by atoms with Gasteiger partial charge in [0.25, 0.3) is 0 Å². The number of aromatic nitrogens is 3. The summed E-state index contributed by atoms with van der Waals surface area (Å²) in [7, 11) is 1.39. The first-order chi connectivity index (χ1) is 18.3. The second-order valence-corrected chi connectivity index (χ2v) is 10.3. The molecule has 0 unspecified atom stereocenters. The van der Waals surface area contributed by atoms with Crippen molar-refractivity contribution in [2.45, 2.75) is 56.0 Å².